The monoisotopic (exact) mass is 191 g/mol. The lowest BCUT2D eigenvalue weighted by Crippen LogP contribution is -2.38. The summed E-state index contributed by atoms with van der Waals surface area (Å²) in [7, 11) is 0. The van der Waals surface area contributed by atoms with Crippen LogP contribution in [0.5, 0.6) is 0 Å². The first-order chi connectivity index (χ1) is 6.88. The van der Waals surface area contributed by atoms with Crippen LogP contribution in [-0.2, 0) is 4.74 Å². The number of hydrogen-bond acceptors (Lipinski definition) is 3. The molecule has 2 rings (SSSR count). The van der Waals surface area contributed by atoms with Gasteiger partial charge in [0.25, 0.3) is 0 Å². The van der Waals surface area contributed by atoms with E-state index in [0.29, 0.717) is 0 Å². The van der Waals surface area contributed by atoms with Crippen molar-refractivity contribution < 1.29 is 4.74 Å². The summed E-state index contributed by atoms with van der Waals surface area (Å²) in [5, 5.41) is 0. The summed E-state index contributed by atoms with van der Waals surface area (Å²) in [6.07, 6.45) is 3.67. The van der Waals surface area contributed by atoms with E-state index in [9.17, 15) is 0 Å². The second-order valence-corrected chi connectivity index (χ2v) is 3.45. The first kappa shape index (κ1) is 9.62. The highest BCUT2D eigenvalue weighted by Gasteiger charge is 2.18. The van der Waals surface area contributed by atoms with E-state index in [-0.39, 0.29) is 6.04 Å². The minimum absolute atomic E-state index is 0.201. The van der Waals surface area contributed by atoms with Crippen molar-refractivity contribution in [3.63, 3.8) is 0 Å². The van der Waals surface area contributed by atoms with Crippen LogP contribution >= 0.6 is 0 Å². The summed E-state index contributed by atoms with van der Waals surface area (Å²) in [6.45, 7) is 7.71. The van der Waals surface area contributed by atoms with Gasteiger partial charge in [0.05, 0.1) is 13.2 Å². The fourth-order valence-electron chi connectivity index (χ4n) is 1.67. The topological polar surface area (TPSA) is 25.4 Å². The Balaban J connectivity index is 2.03. The number of ether oxygens (including phenoxy) is 1. The molecule has 0 amide bonds. The molecule has 3 nitrogen and oxygen atoms in total. The van der Waals surface area contributed by atoms with Crippen LogP contribution in [0.25, 0.3) is 0 Å². The first-order valence-electron chi connectivity index (χ1n) is 4.93. The van der Waals surface area contributed by atoms with Crippen LogP contribution in [0.3, 0.4) is 0 Å². The molecule has 2 heterocycles. The number of rotatable bonds is 2. The molecule has 1 aromatic heterocycles. The molecule has 0 N–H and O–H groups in total. The quantitative estimate of drug-likeness (QED) is 0.704. The van der Waals surface area contributed by atoms with E-state index >= 15 is 0 Å². The lowest BCUT2D eigenvalue weighted by atomic mass is 10.1. The molecule has 14 heavy (non-hydrogen) atoms. The minimum atomic E-state index is 0.201. The molecule has 75 valence electrons. The molecule has 0 aliphatic carbocycles. The van der Waals surface area contributed by atoms with E-state index in [2.05, 4.69) is 22.9 Å². The van der Waals surface area contributed by atoms with Crippen molar-refractivity contribution in [2.75, 3.05) is 26.3 Å². The molecule has 1 unspecified atom stereocenters. The molecule has 1 atom stereocenters. The van der Waals surface area contributed by atoms with Gasteiger partial charge in [0.2, 0.25) is 0 Å². The molecule has 3 heteroatoms. The Labute approximate surface area is 84.7 Å². The molecule has 1 fully saturated rings. The van der Waals surface area contributed by atoms with Crippen molar-refractivity contribution in [1.82, 2.24) is 9.88 Å². The summed E-state index contributed by atoms with van der Waals surface area (Å²) < 4.78 is 5.30. The van der Waals surface area contributed by atoms with Gasteiger partial charge in [-0.1, -0.05) is 6.07 Å². The van der Waals surface area contributed by atoms with E-state index in [0.717, 1.165) is 26.3 Å². The fourth-order valence-corrected chi connectivity index (χ4v) is 1.67. The predicted octanol–water partition coefficient (Wildman–Crippen LogP) is 1.29. The molecule has 1 saturated heterocycles. The lowest BCUT2D eigenvalue weighted by molar-refractivity contribution is 0.0247. The van der Waals surface area contributed by atoms with Crippen molar-refractivity contribution in [2.45, 2.75) is 6.04 Å². The van der Waals surface area contributed by atoms with Gasteiger partial charge in [-0.25, -0.2) is 0 Å². The summed E-state index contributed by atoms with van der Waals surface area (Å²) in [6, 6.07) is 4.22. The predicted molar refractivity (Wildman–Crippen MR) is 54.7 cm³/mol. The molecular weight excluding hydrogens is 176 g/mol. The fraction of sp³-hybridized carbons (Fsp3) is 0.455. The van der Waals surface area contributed by atoms with E-state index in [4.69, 9.17) is 4.74 Å². The van der Waals surface area contributed by atoms with Crippen LogP contribution in [0.1, 0.15) is 11.6 Å². The minimum Gasteiger partial charge on any atom is -0.379 e. The van der Waals surface area contributed by atoms with Gasteiger partial charge in [-0.3, -0.25) is 9.88 Å². The molecule has 1 aliphatic rings. The molecule has 0 spiro atoms. The lowest BCUT2D eigenvalue weighted by Gasteiger charge is -2.32. The highest BCUT2D eigenvalue weighted by Crippen LogP contribution is 2.19. The molecule has 1 aromatic rings. The summed E-state index contributed by atoms with van der Waals surface area (Å²) in [4.78, 5) is 6.42. The Kier molecular flexibility index (Phi) is 3.11. The average Bonchev–Trinajstić information content (AvgIpc) is 2.30. The van der Waals surface area contributed by atoms with E-state index in [1.54, 1.807) is 6.20 Å². The third kappa shape index (κ3) is 2.11. The highest BCUT2D eigenvalue weighted by molar-refractivity contribution is 5.15. The van der Waals surface area contributed by atoms with E-state index in [1.807, 2.05) is 12.3 Å². The normalized spacial score (nSPS) is 20.6. The molecular formula is C11H15N2O. The van der Waals surface area contributed by atoms with Crippen LogP contribution in [-0.4, -0.2) is 36.2 Å². The van der Waals surface area contributed by atoms with Crippen molar-refractivity contribution in [2.24, 2.45) is 0 Å². The SMILES string of the molecule is [CH2]C(c1cccnc1)N1CCOCC1. The maximum absolute atomic E-state index is 5.30. The summed E-state index contributed by atoms with van der Waals surface area (Å²) in [5.41, 5.74) is 1.18. The summed E-state index contributed by atoms with van der Waals surface area (Å²) >= 11 is 0. The zero-order valence-electron chi connectivity index (χ0n) is 8.22. The van der Waals surface area contributed by atoms with Crippen LogP contribution in [0.4, 0.5) is 0 Å². The van der Waals surface area contributed by atoms with Gasteiger partial charge in [0.15, 0.2) is 0 Å². The number of aromatic nitrogens is 1. The van der Waals surface area contributed by atoms with Crippen molar-refractivity contribution >= 4 is 0 Å². The average molecular weight is 191 g/mol. The smallest absolute Gasteiger partial charge is 0.0594 e. The maximum atomic E-state index is 5.30. The van der Waals surface area contributed by atoms with Gasteiger partial charge in [0, 0.05) is 31.5 Å². The van der Waals surface area contributed by atoms with E-state index < -0.39 is 0 Å². The van der Waals surface area contributed by atoms with Crippen LogP contribution in [0.15, 0.2) is 24.5 Å². The molecule has 1 radical (unpaired) electrons. The largest absolute Gasteiger partial charge is 0.379 e. The number of morpholine rings is 1. The van der Waals surface area contributed by atoms with Crippen LogP contribution < -0.4 is 0 Å². The van der Waals surface area contributed by atoms with Crippen LogP contribution in [0, 0.1) is 6.92 Å². The standard InChI is InChI=1S/C11H15N2O/c1-10(11-3-2-4-12-9-11)13-5-7-14-8-6-13/h2-4,9-10H,1,5-8H2. The molecule has 1 aliphatic heterocycles. The zero-order valence-corrected chi connectivity index (χ0v) is 8.22. The van der Waals surface area contributed by atoms with Gasteiger partial charge in [-0.05, 0) is 18.6 Å². The Bertz CT molecular complexity index is 270. The molecule has 0 aromatic carbocycles. The Morgan fingerprint density at radius 2 is 2.21 bits per heavy atom. The van der Waals surface area contributed by atoms with Crippen molar-refractivity contribution in [3.8, 4) is 0 Å². The Morgan fingerprint density at radius 3 is 2.86 bits per heavy atom. The summed E-state index contributed by atoms with van der Waals surface area (Å²) in [5.74, 6) is 0. The Hall–Kier alpha value is -0.930. The van der Waals surface area contributed by atoms with Gasteiger partial charge in [-0.2, -0.15) is 0 Å². The maximum Gasteiger partial charge on any atom is 0.0594 e. The molecule has 0 bridgehead atoms. The van der Waals surface area contributed by atoms with Gasteiger partial charge < -0.3 is 4.74 Å². The first-order valence-corrected chi connectivity index (χ1v) is 4.93. The third-order valence-corrected chi connectivity index (χ3v) is 2.56. The zero-order chi connectivity index (χ0) is 9.80. The van der Waals surface area contributed by atoms with Crippen LogP contribution in [0.2, 0.25) is 0 Å². The third-order valence-electron chi connectivity index (χ3n) is 2.56. The Morgan fingerprint density at radius 1 is 1.43 bits per heavy atom. The van der Waals surface area contributed by atoms with Crippen molar-refractivity contribution in [3.05, 3.63) is 37.0 Å². The second kappa shape index (κ2) is 4.53. The van der Waals surface area contributed by atoms with Gasteiger partial charge >= 0.3 is 0 Å². The highest BCUT2D eigenvalue weighted by atomic mass is 16.5. The number of nitrogens with zero attached hydrogens (tertiary/aromatic N) is 2. The van der Waals surface area contributed by atoms with Crippen molar-refractivity contribution in [1.29, 1.82) is 0 Å². The second-order valence-electron chi connectivity index (χ2n) is 3.45. The van der Waals surface area contributed by atoms with E-state index in [1.165, 1.54) is 5.56 Å². The van der Waals surface area contributed by atoms with Gasteiger partial charge in [-0.15, -0.1) is 0 Å². The number of hydrogen-bond donors (Lipinski definition) is 0. The molecule has 0 saturated carbocycles. The van der Waals surface area contributed by atoms with Gasteiger partial charge in [0.1, 0.15) is 0 Å². The number of pyridine rings is 1.